The highest BCUT2D eigenvalue weighted by Crippen LogP contribution is 2.32. The monoisotopic (exact) mass is 307 g/mol. The minimum Gasteiger partial charge on any atom is -0.490 e. The zero-order valence-electron chi connectivity index (χ0n) is 14.0. The van der Waals surface area contributed by atoms with Crippen molar-refractivity contribution < 1.29 is 19.2 Å². The molecule has 1 aromatic rings. The summed E-state index contributed by atoms with van der Waals surface area (Å²) in [5.41, 5.74) is 2.56. The van der Waals surface area contributed by atoms with Gasteiger partial charge in [0.1, 0.15) is 6.54 Å². The first-order valence-corrected chi connectivity index (χ1v) is 8.08. The first-order chi connectivity index (χ1) is 10.6. The molecule has 22 heavy (non-hydrogen) atoms. The highest BCUT2D eigenvalue weighted by molar-refractivity contribution is 5.79. The standard InChI is InChI=1S/C17H26N2O3/c1-5-21-15-9-13-7-8-19(12(3)17(20)18-4)11-14(13)10-16(15)22-6-2/h9-10,12H,5-8,11H2,1-4H3,(H,18,20)/p+1/t12-/m1/s1. The molecule has 1 aliphatic heterocycles. The molecule has 2 atom stereocenters. The summed E-state index contributed by atoms with van der Waals surface area (Å²) in [6.07, 6.45) is 0.957. The summed E-state index contributed by atoms with van der Waals surface area (Å²) in [7, 11) is 1.69. The fraction of sp³-hybridized carbons (Fsp3) is 0.588. The molecule has 5 nitrogen and oxygen atoms in total. The van der Waals surface area contributed by atoms with Crippen molar-refractivity contribution >= 4 is 5.91 Å². The van der Waals surface area contributed by atoms with E-state index in [9.17, 15) is 4.79 Å². The molecule has 122 valence electrons. The number of quaternary nitrogens is 1. The Bertz CT molecular complexity index is 531. The number of likely N-dealkylation sites (N-methyl/N-ethyl adjacent to an activating group) is 1. The number of nitrogens with one attached hydrogen (secondary N) is 2. The van der Waals surface area contributed by atoms with Crippen LogP contribution in [0.15, 0.2) is 12.1 Å². The van der Waals surface area contributed by atoms with E-state index in [0.29, 0.717) is 13.2 Å². The minimum absolute atomic E-state index is 0.0414. The molecule has 2 rings (SSSR count). The molecule has 1 aromatic carbocycles. The number of carbonyl (C=O) groups excluding carboxylic acids is 1. The van der Waals surface area contributed by atoms with E-state index in [1.165, 1.54) is 16.0 Å². The molecule has 1 unspecified atom stereocenters. The zero-order chi connectivity index (χ0) is 16.1. The molecule has 0 spiro atoms. The third-order valence-corrected chi connectivity index (χ3v) is 4.25. The van der Waals surface area contributed by atoms with Gasteiger partial charge in [0.15, 0.2) is 17.5 Å². The maximum atomic E-state index is 11.9. The van der Waals surface area contributed by atoms with Crippen LogP contribution in [0.5, 0.6) is 11.5 Å². The Hall–Kier alpha value is -1.75. The van der Waals surface area contributed by atoms with Crippen LogP contribution in [0.1, 0.15) is 31.9 Å². The third kappa shape index (κ3) is 3.53. The smallest absolute Gasteiger partial charge is 0.277 e. The minimum atomic E-state index is -0.0414. The van der Waals surface area contributed by atoms with Crippen LogP contribution in [0.4, 0.5) is 0 Å². The molecule has 0 saturated carbocycles. The molecule has 1 amide bonds. The Labute approximate surface area is 132 Å². The normalized spacial score (nSPS) is 18.3. The van der Waals surface area contributed by atoms with Crippen LogP contribution in [-0.4, -0.2) is 38.8 Å². The molecule has 0 bridgehead atoms. The Morgan fingerprint density at radius 1 is 1.23 bits per heavy atom. The molecule has 0 radical (unpaired) electrons. The van der Waals surface area contributed by atoms with E-state index in [0.717, 1.165) is 31.0 Å². The van der Waals surface area contributed by atoms with E-state index in [1.54, 1.807) is 7.05 Å². The molecule has 0 aromatic heterocycles. The van der Waals surface area contributed by atoms with Crippen LogP contribution in [0.25, 0.3) is 0 Å². The van der Waals surface area contributed by atoms with Crippen LogP contribution in [0, 0.1) is 0 Å². The van der Waals surface area contributed by atoms with Crippen molar-refractivity contribution in [1.82, 2.24) is 5.32 Å². The van der Waals surface area contributed by atoms with E-state index in [-0.39, 0.29) is 11.9 Å². The number of ether oxygens (including phenoxy) is 2. The molecule has 0 saturated heterocycles. The van der Waals surface area contributed by atoms with Crippen molar-refractivity contribution in [3.8, 4) is 11.5 Å². The predicted octanol–water partition coefficient (Wildman–Crippen LogP) is 0.560. The van der Waals surface area contributed by atoms with E-state index >= 15 is 0 Å². The van der Waals surface area contributed by atoms with Crippen molar-refractivity contribution in [3.05, 3.63) is 23.3 Å². The fourth-order valence-electron chi connectivity index (χ4n) is 2.98. The second kappa shape index (κ2) is 7.49. The predicted molar refractivity (Wildman–Crippen MR) is 85.5 cm³/mol. The van der Waals surface area contributed by atoms with Crippen LogP contribution in [-0.2, 0) is 17.8 Å². The maximum absolute atomic E-state index is 11.9. The second-order valence-corrected chi connectivity index (χ2v) is 5.60. The zero-order valence-corrected chi connectivity index (χ0v) is 14.0. The van der Waals surface area contributed by atoms with Gasteiger partial charge < -0.3 is 19.7 Å². The molecule has 0 fully saturated rings. The number of carbonyl (C=O) groups is 1. The number of hydrogen-bond donors (Lipinski definition) is 2. The summed E-state index contributed by atoms with van der Waals surface area (Å²) in [4.78, 5) is 13.1. The van der Waals surface area contributed by atoms with Gasteiger partial charge in [-0.05, 0) is 38.5 Å². The van der Waals surface area contributed by atoms with Gasteiger partial charge in [-0.15, -0.1) is 0 Å². The summed E-state index contributed by atoms with van der Waals surface area (Å²) in [5, 5.41) is 2.74. The first kappa shape index (κ1) is 16.6. The van der Waals surface area contributed by atoms with Crippen LogP contribution in [0.3, 0.4) is 0 Å². The number of fused-ring (bicyclic) bond motifs is 1. The summed E-state index contributed by atoms with van der Waals surface area (Å²) < 4.78 is 11.4. The molecule has 2 N–H and O–H groups in total. The van der Waals surface area contributed by atoms with Crippen molar-refractivity contribution in [1.29, 1.82) is 0 Å². The molecule has 1 aliphatic rings. The SMILES string of the molecule is CCOc1cc2c(cc1OCC)C[NH+]([C@H](C)C(=O)NC)CC2. The van der Waals surface area contributed by atoms with Gasteiger partial charge in [0.2, 0.25) is 0 Å². The molecule has 5 heteroatoms. The van der Waals surface area contributed by atoms with Crippen molar-refractivity contribution in [2.75, 3.05) is 26.8 Å². The number of hydrogen-bond acceptors (Lipinski definition) is 3. The van der Waals surface area contributed by atoms with Gasteiger partial charge in [0.25, 0.3) is 5.91 Å². The van der Waals surface area contributed by atoms with Crippen molar-refractivity contribution in [2.24, 2.45) is 0 Å². The Morgan fingerprint density at radius 3 is 2.36 bits per heavy atom. The van der Waals surface area contributed by atoms with Gasteiger partial charge in [0, 0.05) is 19.0 Å². The summed E-state index contributed by atoms with van der Waals surface area (Å²) in [6, 6.07) is 4.14. The molecular formula is C17H27N2O3+. The Morgan fingerprint density at radius 2 is 1.82 bits per heavy atom. The van der Waals surface area contributed by atoms with E-state index < -0.39 is 0 Å². The van der Waals surface area contributed by atoms with E-state index in [2.05, 4.69) is 17.4 Å². The van der Waals surface area contributed by atoms with Gasteiger partial charge in [-0.3, -0.25) is 4.79 Å². The lowest BCUT2D eigenvalue weighted by molar-refractivity contribution is -0.929. The fourth-order valence-corrected chi connectivity index (χ4v) is 2.98. The van der Waals surface area contributed by atoms with Gasteiger partial charge in [-0.1, -0.05) is 0 Å². The quantitative estimate of drug-likeness (QED) is 0.807. The maximum Gasteiger partial charge on any atom is 0.277 e. The molecule has 0 aliphatic carbocycles. The largest absolute Gasteiger partial charge is 0.490 e. The van der Waals surface area contributed by atoms with Crippen LogP contribution < -0.4 is 19.7 Å². The van der Waals surface area contributed by atoms with Gasteiger partial charge >= 0.3 is 0 Å². The number of amides is 1. The highest BCUT2D eigenvalue weighted by Gasteiger charge is 2.29. The third-order valence-electron chi connectivity index (χ3n) is 4.25. The lowest BCUT2D eigenvalue weighted by Crippen LogP contribution is -3.16. The van der Waals surface area contributed by atoms with Gasteiger partial charge in [-0.2, -0.15) is 0 Å². The second-order valence-electron chi connectivity index (χ2n) is 5.60. The number of benzene rings is 1. The lowest BCUT2D eigenvalue weighted by atomic mass is 9.97. The average molecular weight is 307 g/mol. The average Bonchev–Trinajstić information content (AvgIpc) is 2.54. The first-order valence-electron chi connectivity index (χ1n) is 8.08. The summed E-state index contributed by atoms with van der Waals surface area (Å²) in [6.45, 7) is 8.98. The van der Waals surface area contributed by atoms with E-state index in [4.69, 9.17) is 9.47 Å². The van der Waals surface area contributed by atoms with E-state index in [1.807, 2.05) is 20.8 Å². The topological polar surface area (TPSA) is 52.0 Å². The number of rotatable bonds is 6. The Balaban J connectivity index is 2.23. The lowest BCUT2D eigenvalue weighted by Gasteiger charge is -2.30. The van der Waals surface area contributed by atoms with Crippen LogP contribution >= 0.6 is 0 Å². The van der Waals surface area contributed by atoms with Crippen molar-refractivity contribution in [2.45, 2.75) is 39.8 Å². The highest BCUT2D eigenvalue weighted by atomic mass is 16.5. The van der Waals surface area contributed by atoms with Crippen LogP contribution in [0.2, 0.25) is 0 Å². The van der Waals surface area contributed by atoms with Crippen molar-refractivity contribution in [3.63, 3.8) is 0 Å². The van der Waals surface area contributed by atoms with Gasteiger partial charge in [-0.25, -0.2) is 0 Å². The summed E-state index contributed by atoms with van der Waals surface area (Å²) >= 11 is 0. The van der Waals surface area contributed by atoms with Gasteiger partial charge in [0.05, 0.1) is 19.8 Å². The molecular weight excluding hydrogens is 280 g/mol. The molecule has 1 heterocycles. The summed E-state index contributed by atoms with van der Waals surface area (Å²) in [5.74, 6) is 1.72. The Kier molecular flexibility index (Phi) is 5.66.